The topological polar surface area (TPSA) is 50.7 Å². The summed E-state index contributed by atoms with van der Waals surface area (Å²) in [5.74, 6) is -0.113. The van der Waals surface area contributed by atoms with Gasteiger partial charge in [0.1, 0.15) is 11.6 Å². The van der Waals surface area contributed by atoms with E-state index in [0.717, 1.165) is 11.1 Å². The number of benzene rings is 2. The molecule has 0 heterocycles. The third kappa shape index (κ3) is 4.15. The van der Waals surface area contributed by atoms with Crippen LogP contribution in [0, 0.1) is 19.7 Å². The highest BCUT2D eigenvalue weighted by atomic mass is 19.1. The molecule has 0 atom stereocenters. The summed E-state index contributed by atoms with van der Waals surface area (Å²) >= 11 is 0. The lowest BCUT2D eigenvalue weighted by atomic mass is 10.1. The van der Waals surface area contributed by atoms with Crippen LogP contribution in [-0.4, -0.2) is 18.7 Å². The first kappa shape index (κ1) is 15.7. The minimum absolute atomic E-state index is 0.152. The van der Waals surface area contributed by atoms with Gasteiger partial charge >= 0.3 is 0 Å². The van der Waals surface area contributed by atoms with E-state index in [9.17, 15) is 9.18 Å². The molecule has 1 amide bonds. The van der Waals surface area contributed by atoms with Crippen LogP contribution >= 0.6 is 0 Å². The number of rotatable bonds is 5. The number of carbonyl (C=O) groups is 1. The van der Waals surface area contributed by atoms with E-state index in [1.165, 1.54) is 12.3 Å². The summed E-state index contributed by atoms with van der Waals surface area (Å²) in [6.07, 6.45) is 1.26. The summed E-state index contributed by atoms with van der Waals surface area (Å²) in [5, 5.41) is 3.71. The zero-order chi connectivity index (χ0) is 15.9. The highest BCUT2D eigenvalue weighted by Gasteiger charge is 2.06. The van der Waals surface area contributed by atoms with Crippen molar-refractivity contribution in [3.8, 4) is 5.75 Å². The van der Waals surface area contributed by atoms with Crippen LogP contribution in [0.3, 0.4) is 0 Å². The van der Waals surface area contributed by atoms with E-state index in [1.807, 2.05) is 32.0 Å². The molecule has 114 valence electrons. The van der Waals surface area contributed by atoms with Crippen LogP contribution < -0.4 is 10.2 Å². The Morgan fingerprint density at radius 1 is 1.18 bits per heavy atom. The van der Waals surface area contributed by atoms with Gasteiger partial charge in [-0.3, -0.25) is 4.79 Å². The average Bonchev–Trinajstić information content (AvgIpc) is 2.49. The monoisotopic (exact) mass is 300 g/mol. The molecule has 4 nitrogen and oxygen atoms in total. The molecule has 0 bridgehead atoms. The summed E-state index contributed by atoms with van der Waals surface area (Å²) in [6, 6.07) is 11.9. The SMILES string of the molecule is Cc1cccc(C)c1OCC(=O)N/N=C/c1ccccc1F. The molecule has 0 saturated carbocycles. The molecule has 2 aromatic rings. The molecule has 0 saturated heterocycles. The van der Waals surface area contributed by atoms with Crippen molar-refractivity contribution in [2.45, 2.75) is 13.8 Å². The number of hydrogen-bond donors (Lipinski definition) is 1. The Labute approximate surface area is 128 Å². The van der Waals surface area contributed by atoms with E-state index >= 15 is 0 Å². The Balaban J connectivity index is 1.88. The second kappa shape index (κ2) is 7.36. The highest BCUT2D eigenvalue weighted by Crippen LogP contribution is 2.21. The number of ether oxygens (including phenoxy) is 1. The summed E-state index contributed by atoms with van der Waals surface area (Å²) in [5.41, 5.74) is 4.53. The molecule has 0 radical (unpaired) electrons. The van der Waals surface area contributed by atoms with Crippen LogP contribution in [0.15, 0.2) is 47.6 Å². The largest absolute Gasteiger partial charge is 0.483 e. The van der Waals surface area contributed by atoms with Crippen LogP contribution in [0.4, 0.5) is 4.39 Å². The molecule has 22 heavy (non-hydrogen) atoms. The van der Waals surface area contributed by atoms with E-state index < -0.39 is 11.7 Å². The first-order valence-electron chi connectivity index (χ1n) is 6.83. The van der Waals surface area contributed by atoms with Crippen molar-refractivity contribution in [2.24, 2.45) is 5.10 Å². The third-order valence-corrected chi connectivity index (χ3v) is 3.05. The van der Waals surface area contributed by atoms with Crippen molar-refractivity contribution in [3.05, 3.63) is 65.0 Å². The Morgan fingerprint density at radius 2 is 1.86 bits per heavy atom. The number of nitrogens with one attached hydrogen (secondary N) is 1. The molecule has 0 aliphatic rings. The van der Waals surface area contributed by atoms with Crippen LogP contribution in [0.25, 0.3) is 0 Å². The van der Waals surface area contributed by atoms with Crippen molar-refractivity contribution in [1.29, 1.82) is 0 Å². The van der Waals surface area contributed by atoms with E-state index in [1.54, 1.807) is 18.2 Å². The molecule has 0 aliphatic heterocycles. The minimum Gasteiger partial charge on any atom is -0.483 e. The fraction of sp³-hybridized carbons (Fsp3) is 0.176. The summed E-state index contributed by atoms with van der Waals surface area (Å²) in [6.45, 7) is 3.67. The number of amides is 1. The standard InChI is InChI=1S/C17H17FN2O2/c1-12-6-5-7-13(2)17(12)22-11-16(21)20-19-10-14-8-3-4-9-15(14)18/h3-10H,11H2,1-2H3,(H,20,21)/b19-10+. The number of para-hydroxylation sites is 1. The third-order valence-electron chi connectivity index (χ3n) is 3.05. The summed E-state index contributed by atoms with van der Waals surface area (Å²) in [7, 11) is 0. The molecule has 2 rings (SSSR count). The molecule has 0 aromatic heterocycles. The second-order valence-corrected chi connectivity index (χ2v) is 4.82. The van der Waals surface area contributed by atoms with Gasteiger partial charge in [0.15, 0.2) is 6.61 Å². The smallest absolute Gasteiger partial charge is 0.277 e. The highest BCUT2D eigenvalue weighted by molar-refractivity contribution is 5.83. The second-order valence-electron chi connectivity index (χ2n) is 4.82. The number of nitrogens with zero attached hydrogens (tertiary/aromatic N) is 1. The predicted octanol–water partition coefficient (Wildman–Crippen LogP) is 2.97. The van der Waals surface area contributed by atoms with Gasteiger partial charge in [-0.05, 0) is 31.0 Å². The van der Waals surface area contributed by atoms with Gasteiger partial charge in [-0.1, -0.05) is 36.4 Å². The lowest BCUT2D eigenvalue weighted by Crippen LogP contribution is -2.25. The molecule has 1 N–H and O–H groups in total. The molecule has 5 heteroatoms. The zero-order valence-corrected chi connectivity index (χ0v) is 12.5. The quantitative estimate of drug-likeness (QED) is 0.682. The van der Waals surface area contributed by atoms with Crippen molar-refractivity contribution in [3.63, 3.8) is 0 Å². The fourth-order valence-corrected chi connectivity index (χ4v) is 1.95. The molecular formula is C17H17FN2O2. The molecule has 0 unspecified atom stereocenters. The van der Waals surface area contributed by atoms with Gasteiger partial charge in [-0.25, -0.2) is 9.82 Å². The number of carbonyl (C=O) groups excluding carboxylic acids is 1. The van der Waals surface area contributed by atoms with Crippen molar-refractivity contribution >= 4 is 12.1 Å². The molecule has 0 fully saturated rings. The van der Waals surface area contributed by atoms with Gasteiger partial charge in [0.2, 0.25) is 0 Å². The number of aryl methyl sites for hydroxylation is 2. The van der Waals surface area contributed by atoms with Crippen molar-refractivity contribution < 1.29 is 13.9 Å². The lowest BCUT2D eigenvalue weighted by Gasteiger charge is -2.10. The van der Waals surface area contributed by atoms with E-state index in [4.69, 9.17) is 4.74 Å². The van der Waals surface area contributed by atoms with Crippen LogP contribution in [0.2, 0.25) is 0 Å². The fourth-order valence-electron chi connectivity index (χ4n) is 1.95. The van der Waals surface area contributed by atoms with Gasteiger partial charge in [-0.15, -0.1) is 0 Å². The molecule has 0 spiro atoms. The molecule has 0 aliphatic carbocycles. The molecular weight excluding hydrogens is 283 g/mol. The Kier molecular flexibility index (Phi) is 5.25. The number of halogens is 1. The maximum absolute atomic E-state index is 13.3. The van der Waals surface area contributed by atoms with Gasteiger partial charge in [0, 0.05) is 5.56 Å². The first-order valence-corrected chi connectivity index (χ1v) is 6.83. The predicted molar refractivity (Wildman–Crippen MR) is 83.5 cm³/mol. The van der Waals surface area contributed by atoms with E-state index in [2.05, 4.69) is 10.5 Å². The van der Waals surface area contributed by atoms with Crippen LogP contribution in [0.1, 0.15) is 16.7 Å². The Bertz CT molecular complexity index is 679. The normalized spacial score (nSPS) is 10.7. The minimum atomic E-state index is -0.407. The number of hydrogen-bond acceptors (Lipinski definition) is 3. The lowest BCUT2D eigenvalue weighted by molar-refractivity contribution is -0.123. The van der Waals surface area contributed by atoms with Crippen LogP contribution in [0.5, 0.6) is 5.75 Å². The van der Waals surface area contributed by atoms with Crippen molar-refractivity contribution in [1.82, 2.24) is 5.43 Å². The Morgan fingerprint density at radius 3 is 2.55 bits per heavy atom. The van der Waals surface area contributed by atoms with Gasteiger partial charge in [0.05, 0.1) is 6.21 Å². The van der Waals surface area contributed by atoms with Crippen LogP contribution in [-0.2, 0) is 4.79 Å². The maximum atomic E-state index is 13.3. The first-order chi connectivity index (χ1) is 10.6. The van der Waals surface area contributed by atoms with Gasteiger partial charge in [0.25, 0.3) is 5.91 Å². The van der Waals surface area contributed by atoms with E-state index in [-0.39, 0.29) is 6.61 Å². The maximum Gasteiger partial charge on any atom is 0.277 e. The summed E-state index contributed by atoms with van der Waals surface area (Å²) < 4.78 is 18.8. The molecule has 2 aromatic carbocycles. The van der Waals surface area contributed by atoms with Gasteiger partial charge in [-0.2, -0.15) is 5.10 Å². The van der Waals surface area contributed by atoms with E-state index in [0.29, 0.717) is 11.3 Å². The average molecular weight is 300 g/mol. The zero-order valence-electron chi connectivity index (χ0n) is 12.5. The summed E-state index contributed by atoms with van der Waals surface area (Å²) in [4.78, 5) is 11.7. The number of hydrazone groups is 1. The Hall–Kier alpha value is -2.69. The van der Waals surface area contributed by atoms with Gasteiger partial charge < -0.3 is 4.74 Å². The van der Waals surface area contributed by atoms with Crippen molar-refractivity contribution in [2.75, 3.05) is 6.61 Å².